The highest BCUT2D eigenvalue weighted by Gasteiger charge is 2.16. The summed E-state index contributed by atoms with van der Waals surface area (Å²) in [5.74, 6) is 0.884. The zero-order valence-electron chi connectivity index (χ0n) is 16.8. The summed E-state index contributed by atoms with van der Waals surface area (Å²) in [6, 6.07) is 16.4. The number of fused-ring (bicyclic) bond motifs is 1. The molecule has 29 heavy (non-hydrogen) atoms. The molecule has 3 N–H and O–H groups in total. The van der Waals surface area contributed by atoms with E-state index in [1.54, 1.807) is 7.11 Å². The molecule has 0 atom stereocenters. The van der Waals surface area contributed by atoms with Crippen molar-refractivity contribution in [3.63, 3.8) is 0 Å². The van der Waals surface area contributed by atoms with Crippen molar-refractivity contribution in [3.05, 3.63) is 89.4 Å². The molecular formula is C25H25N3O. The monoisotopic (exact) mass is 383 g/mol. The normalized spacial score (nSPS) is 15.7. The van der Waals surface area contributed by atoms with Crippen LogP contribution in [0.5, 0.6) is 5.75 Å². The van der Waals surface area contributed by atoms with Crippen LogP contribution in [0.15, 0.2) is 83.1 Å². The van der Waals surface area contributed by atoms with E-state index in [4.69, 9.17) is 15.5 Å². The predicted molar refractivity (Wildman–Crippen MR) is 122 cm³/mol. The lowest BCUT2D eigenvalue weighted by atomic mass is 10.0. The number of hydrogen-bond acceptors (Lipinski definition) is 3. The molecule has 1 aliphatic heterocycles. The first-order valence-electron chi connectivity index (χ1n) is 9.79. The predicted octanol–water partition coefficient (Wildman–Crippen LogP) is 5.35. The average Bonchev–Trinajstić information content (AvgIpc) is 3.40. The molecule has 0 unspecified atom stereocenters. The van der Waals surface area contributed by atoms with Gasteiger partial charge in [-0.2, -0.15) is 0 Å². The van der Waals surface area contributed by atoms with Crippen LogP contribution in [0.25, 0.3) is 22.4 Å². The Bertz CT molecular complexity index is 1150. The van der Waals surface area contributed by atoms with Crippen molar-refractivity contribution in [1.82, 2.24) is 4.98 Å². The van der Waals surface area contributed by atoms with Crippen LogP contribution in [0.1, 0.15) is 24.6 Å². The highest BCUT2D eigenvalue weighted by Crippen LogP contribution is 2.31. The van der Waals surface area contributed by atoms with E-state index >= 15 is 0 Å². The maximum Gasteiger partial charge on any atom is 0.126 e. The summed E-state index contributed by atoms with van der Waals surface area (Å²) in [6.45, 7) is 2.69. The molecule has 0 amide bonds. The van der Waals surface area contributed by atoms with Crippen LogP contribution in [0.4, 0.5) is 0 Å². The van der Waals surface area contributed by atoms with E-state index in [1.807, 2.05) is 30.5 Å². The standard InChI is InChI=1S/C25H25N3O/c1-17-16-19(28-25(17)22(13-14-26)23-8-5-15-27-23)11-9-18-10-12-24(29-2)21-7-4-3-6-20(18)21/h3-12,15-16,27H,13-14,26H2,1-2H3/b11-9+,25-22-. The topological polar surface area (TPSA) is 63.4 Å². The number of H-pyrrole nitrogens is 1. The summed E-state index contributed by atoms with van der Waals surface area (Å²) in [7, 11) is 1.70. The summed E-state index contributed by atoms with van der Waals surface area (Å²) in [6.07, 6.45) is 9.02. The van der Waals surface area contributed by atoms with E-state index in [1.165, 1.54) is 0 Å². The third-order valence-corrected chi connectivity index (χ3v) is 5.15. The fourth-order valence-corrected chi connectivity index (χ4v) is 3.77. The number of benzene rings is 2. The van der Waals surface area contributed by atoms with Crippen molar-refractivity contribution in [2.45, 2.75) is 13.3 Å². The van der Waals surface area contributed by atoms with Crippen LogP contribution >= 0.6 is 0 Å². The van der Waals surface area contributed by atoms with Crippen molar-refractivity contribution in [3.8, 4) is 5.75 Å². The number of ether oxygens (including phenoxy) is 1. The first-order chi connectivity index (χ1) is 14.2. The van der Waals surface area contributed by atoms with E-state index < -0.39 is 0 Å². The Labute approximate surface area is 171 Å². The molecule has 4 nitrogen and oxygen atoms in total. The van der Waals surface area contributed by atoms with Gasteiger partial charge < -0.3 is 15.5 Å². The molecule has 0 aliphatic carbocycles. The molecule has 146 valence electrons. The molecular weight excluding hydrogens is 358 g/mol. The molecule has 0 fully saturated rings. The van der Waals surface area contributed by atoms with E-state index in [2.05, 4.69) is 54.4 Å². The average molecular weight is 383 g/mol. The van der Waals surface area contributed by atoms with Gasteiger partial charge in [-0.25, -0.2) is 4.99 Å². The van der Waals surface area contributed by atoms with Crippen molar-refractivity contribution in [1.29, 1.82) is 0 Å². The molecule has 0 saturated carbocycles. The number of aromatic amines is 1. The summed E-state index contributed by atoms with van der Waals surface area (Å²) in [4.78, 5) is 8.17. The Morgan fingerprint density at radius 2 is 1.90 bits per heavy atom. The largest absolute Gasteiger partial charge is 0.496 e. The minimum absolute atomic E-state index is 0.587. The highest BCUT2D eigenvalue weighted by atomic mass is 16.5. The third-order valence-electron chi connectivity index (χ3n) is 5.15. The molecule has 2 heterocycles. The van der Waals surface area contributed by atoms with Gasteiger partial charge in [-0.1, -0.05) is 36.4 Å². The molecule has 4 heteroatoms. The van der Waals surface area contributed by atoms with E-state index in [0.717, 1.165) is 56.8 Å². The number of rotatable bonds is 6. The maximum absolute atomic E-state index is 5.85. The first kappa shape index (κ1) is 19.0. The van der Waals surface area contributed by atoms with Gasteiger partial charge in [0.05, 0.1) is 18.5 Å². The summed E-state index contributed by atoms with van der Waals surface area (Å²) < 4.78 is 5.50. The van der Waals surface area contributed by atoms with E-state index in [9.17, 15) is 0 Å². The minimum Gasteiger partial charge on any atom is -0.496 e. The Balaban J connectivity index is 1.71. The molecule has 0 radical (unpaired) electrons. The Hall–Kier alpha value is -3.37. The van der Waals surface area contributed by atoms with Gasteiger partial charge in [0.1, 0.15) is 5.75 Å². The van der Waals surface area contributed by atoms with Crippen LogP contribution in [0, 0.1) is 0 Å². The van der Waals surface area contributed by atoms with Gasteiger partial charge in [0, 0.05) is 22.9 Å². The van der Waals surface area contributed by atoms with Gasteiger partial charge in [0.15, 0.2) is 0 Å². The van der Waals surface area contributed by atoms with Crippen LogP contribution in [0.3, 0.4) is 0 Å². The van der Waals surface area contributed by atoms with Crippen molar-refractivity contribution < 1.29 is 4.74 Å². The summed E-state index contributed by atoms with van der Waals surface area (Å²) >= 11 is 0. The lowest BCUT2D eigenvalue weighted by molar-refractivity contribution is 0.420. The number of aliphatic imine (C=N–C) groups is 1. The first-order valence-corrected chi connectivity index (χ1v) is 9.79. The van der Waals surface area contributed by atoms with Gasteiger partial charge >= 0.3 is 0 Å². The highest BCUT2D eigenvalue weighted by molar-refractivity contribution is 6.11. The number of nitrogens with one attached hydrogen (secondary N) is 1. The molecule has 4 rings (SSSR count). The minimum atomic E-state index is 0.587. The molecule has 3 aromatic rings. The van der Waals surface area contributed by atoms with Crippen molar-refractivity contribution in [2.75, 3.05) is 13.7 Å². The zero-order chi connectivity index (χ0) is 20.2. The molecule has 0 spiro atoms. The van der Waals surface area contributed by atoms with Gasteiger partial charge in [-0.05, 0) is 66.8 Å². The van der Waals surface area contributed by atoms with Crippen LogP contribution in [-0.4, -0.2) is 24.4 Å². The Morgan fingerprint density at radius 3 is 2.62 bits per heavy atom. The van der Waals surface area contributed by atoms with Crippen LogP contribution in [0.2, 0.25) is 0 Å². The van der Waals surface area contributed by atoms with E-state index in [-0.39, 0.29) is 0 Å². The fourth-order valence-electron chi connectivity index (χ4n) is 3.77. The zero-order valence-corrected chi connectivity index (χ0v) is 16.8. The second-order valence-corrected chi connectivity index (χ2v) is 7.05. The van der Waals surface area contributed by atoms with Gasteiger partial charge in [0.2, 0.25) is 0 Å². The SMILES string of the molecule is COc1ccc(/C=C/C2=NC(=C(/CCN)c3ccc[nH]3)/C(C)=C2)c2ccccc12. The number of nitrogens with zero attached hydrogens (tertiary/aromatic N) is 1. The molecule has 1 aliphatic rings. The maximum atomic E-state index is 5.85. The van der Waals surface area contributed by atoms with E-state index in [0.29, 0.717) is 6.54 Å². The lowest BCUT2D eigenvalue weighted by Gasteiger charge is -2.08. The summed E-state index contributed by atoms with van der Waals surface area (Å²) in [5, 5.41) is 2.27. The van der Waals surface area contributed by atoms with Crippen molar-refractivity contribution in [2.24, 2.45) is 10.7 Å². The van der Waals surface area contributed by atoms with Crippen LogP contribution < -0.4 is 10.5 Å². The number of aromatic nitrogens is 1. The Kier molecular flexibility index (Phi) is 5.45. The fraction of sp³-hybridized carbons (Fsp3) is 0.160. The van der Waals surface area contributed by atoms with Gasteiger partial charge in [-0.3, -0.25) is 0 Å². The molecule has 1 aromatic heterocycles. The van der Waals surface area contributed by atoms with Gasteiger partial charge in [-0.15, -0.1) is 0 Å². The molecule has 2 aromatic carbocycles. The number of nitrogens with two attached hydrogens (primary N) is 1. The molecule has 0 bridgehead atoms. The Morgan fingerprint density at radius 1 is 1.07 bits per heavy atom. The van der Waals surface area contributed by atoms with Crippen molar-refractivity contribution >= 4 is 28.1 Å². The second kappa shape index (κ2) is 8.33. The smallest absolute Gasteiger partial charge is 0.126 e. The lowest BCUT2D eigenvalue weighted by Crippen LogP contribution is -2.02. The number of methoxy groups -OCH3 is 1. The van der Waals surface area contributed by atoms with Crippen LogP contribution in [-0.2, 0) is 0 Å². The van der Waals surface area contributed by atoms with Gasteiger partial charge in [0.25, 0.3) is 0 Å². The molecule has 0 saturated heterocycles. The third kappa shape index (κ3) is 3.80. The second-order valence-electron chi connectivity index (χ2n) is 7.05. The number of allylic oxidation sites excluding steroid dienone is 3. The number of hydrogen-bond donors (Lipinski definition) is 2. The quantitative estimate of drug-likeness (QED) is 0.603. The summed E-state index contributed by atoms with van der Waals surface area (Å²) in [5.41, 5.74) is 12.3.